The average molecular weight is 638 g/mol. The maximum Gasteiger partial charge on any atom is 0.164 e. The quantitative estimate of drug-likeness (QED) is 0.170. The fraction of sp³-hybridized carbons (Fsp3) is 0. The van der Waals surface area contributed by atoms with Crippen LogP contribution < -0.4 is 0 Å². The molecule has 50 heavy (non-hydrogen) atoms. The maximum absolute atomic E-state index is 5.12. The number of fused-ring (bicyclic) bond motifs is 3. The van der Waals surface area contributed by atoms with Gasteiger partial charge >= 0.3 is 0 Å². The van der Waals surface area contributed by atoms with Crippen molar-refractivity contribution in [2.75, 3.05) is 0 Å². The standard InChI is InChI=1S/C47H31N3/c1-4-15-32(16-5-1)35-22-14-23-36(27-35)38-28-39(44-31-37-21-10-11-24-41(37)42-25-12-13-26-43(42)44)30-40(29-38)47-49-45(33-17-6-2-7-18-33)48-46(50-47)34-19-8-3-9-20-34/h1-31H. The molecule has 0 saturated carbocycles. The van der Waals surface area contributed by atoms with Crippen LogP contribution in [0.25, 0.3) is 89.1 Å². The van der Waals surface area contributed by atoms with Gasteiger partial charge < -0.3 is 0 Å². The molecule has 0 bridgehead atoms. The second kappa shape index (κ2) is 12.7. The molecule has 9 aromatic rings. The molecule has 0 atom stereocenters. The Morgan fingerprint density at radius 1 is 0.240 bits per heavy atom. The lowest BCUT2D eigenvalue weighted by Gasteiger charge is -2.15. The van der Waals surface area contributed by atoms with Gasteiger partial charge in [0.15, 0.2) is 17.5 Å². The van der Waals surface area contributed by atoms with Gasteiger partial charge in [-0.2, -0.15) is 0 Å². The smallest absolute Gasteiger partial charge is 0.164 e. The summed E-state index contributed by atoms with van der Waals surface area (Å²) in [6.45, 7) is 0. The highest BCUT2D eigenvalue weighted by atomic mass is 15.0. The first-order chi connectivity index (χ1) is 24.8. The van der Waals surface area contributed by atoms with Gasteiger partial charge in [-0.3, -0.25) is 0 Å². The van der Waals surface area contributed by atoms with E-state index in [0.29, 0.717) is 17.5 Å². The van der Waals surface area contributed by atoms with Crippen LogP contribution in [0.2, 0.25) is 0 Å². The predicted octanol–water partition coefficient (Wildman–Crippen LogP) is 12.2. The van der Waals surface area contributed by atoms with Crippen molar-refractivity contribution in [3.63, 3.8) is 0 Å². The minimum absolute atomic E-state index is 0.630. The van der Waals surface area contributed by atoms with Crippen molar-refractivity contribution in [2.24, 2.45) is 0 Å². The van der Waals surface area contributed by atoms with Gasteiger partial charge in [-0.1, -0.05) is 158 Å². The number of hydrogen-bond donors (Lipinski definition) is 0. The third-order valence-corrected chi connectivity index (χ3v) is 9.27. The van der Waals surface area contributed by atoms with Crippen LogP contribution in [-0.4, -0.2) is 15.0 Å². The largest absolute Gasteiger partial charge is 0.208 e. The van der Waals surface area contributed by atoms with Crippen LogP contribution in [0.15, 0.2) is 188 Å². The maximum atomic E-state index is 5.12. The predicted molar refractivity (Wildman–Crippen MR) is 207 cm³/mol. The second-order valence-corrected chi connectivity index (χ2v) is 12.5. The lowest BCUT2D eigenvalue weighted by Crippen LogP contribution is -2.00. The number of rotatable bonds is 6. The molecule has 1 aromatic heterocycles. The summed E-state index contributed by atoms with van der Waals surface area (Å²) >= 11 is 0. The summed E-state index contributed by atoms with van der Waals surface area (Å²) in [4.78, 5) is 15.2. The van der Waals surface area contributed by atoms with Crippen molar-refractivity contribution in [2.45, 2.75) is 0 Å². The van der Waals surface area contributed by atoms with Crippen LogP contribution in [0.5, 0.6) is 0 Å². The van der Waals surface area contributed by atoms with E-state index in [1.807, 2.05) is 60.7 Å². The Kier molecular flexibility index (Phi) is 7.49. The zero-order valence-electron chi connectivity index (χ0n) is 27.2. The van der Waals surface area contributed by atoms with Gasteiger partial charge in [-0.25, -0.2) is 15.0 Å². The molecule has 0 amide bonds. The molecule has 0 aliphatic heterocycles. The van der Waals surface area contributed by atoms with E-state index in [0.717, 1.165) is 33.4 Å². The molecule has 1 heterocycles. The van der Waals surface area contributed by atoms with Crippen LogP contribution in [0.3, 0.4) is 0 Å². The third kappa shape index (κ3) is 5.61. The number of benzene rings is 8. The average Bonchev–Trinajstić information content (AvgIpc) is 3.21. The molecule has 0 saturated heterocycles. The Morgan fingerprint density at radius 3 is 1.30 bits per heavy atom. The summed E-state index contributed by atoms with van der Waals surface area (Å²) in [6.07, 6.45) is 0. The van der Waals surface area contributed by atoms with Crippen LogP contribution in [0, 0.1) is 0 Å². The van der Waals surface area contributed by atoms with E-state index in [2.05, 4.69) is 127 Å². The molecule has 3 heteroatoms. The fourth-order valence-corrected chi connectivity index (χ4v) is 6.82. The summed E-state index contributed by atoms with van der Waals surface area (Å²) in [6, 6.07) is 66.0. The Labute approximate surface area is 291 Å². The summed E-state index contributed by atoms with van der Waals surface area (Å²) in [5.74, 6) is 1.91. The minimum Gasteiger partial charge on any atom is -0.208 e. The number of aromatic nitrogens is 3. The van der Waals surface area contributed by atoms with Crippen molar-refractivity contribution in [3.8, 4) is 67.5 Å². The Morgan fingerprint density at radius 2 is 0.660 bits per heavy atom. The highest BCUT2D eigenvalue weighted by Gasteiger charge is 2.16. The molecule has 0 N–H and O–H groups in total. The third-order valence-electron chi connectivity index (χ3n) is 9.27. The van der Waals surface area contributed by atoms with Gasteiger partial charge in [-0.15, -0.1) is 0 Å². The SMILES string of the molecule is c1ccc(-c2cccc(-c3cc(-c4nc(-c5ccccc5)nc(-c5ccccc5)n4)cc(-c4cc5ccccc5c5ccccc45)c3)c2)cc1. The molecule has 8 aromatic carbocycles. The van der Waals surface area contributed by atoms with Crippen molar-refractivity contribution < 1.29 is 0 Å². The van der Waals surface area contributed by atoms with E-state index >= 15 is 0 Å². The molecule has 3 nitrogen and oxygen atoms in total. The Balaban J connectivity index is 1.31. The first kappa shape index (κ1) is 29.4. The van der Waals surface area contributed by atoms with E-state index in [1.165, 1.54) is 38.2 Å². The van der Waals surface area contributed by atoms with E-state index in [9.17, 15) is 0 Å². The minimum atomic E-state index is 0.630. The highest BCUT2D eigenvalue weighted by Crippen LogP contribution is 2.39. The number of nitrogens with zero attached hydrogens (tertiary/aromatic N) is 3. The summed E-state index contributed by atoms with van der Waals surface area (Å²) in [5.41, 5.74) is 9.66. The Bertz CT molecular complexity index is 2570. The molecule has 0 spiro atoms. The van der Waals surface area contributed by atoms with Gasteiger partial charge in [0.05, 0.1) is 0 Å². The number of hydrogen-bond acceptors (Lipinski definition) is 3. The summed E-state index contributed by atoms with van der Waals surface area (Å²) in [5, 5.41) is 4.89. The molecule has 0 aliphatic carbocycles. The van der Waals surface area contributed by atoms with E-state index in [-0.39, 0.29) is 0 Å². The van der Waals surface area contributed by atoms with Crippen LogP contribution in [0.1, 0.15) is 0 Å². The molecule has 234 valence electrons. The summed E-state index contributed by atoms with van der Waals surface area (Å²) < 4.78 is 0. The van der Waals surface area contributed by atoms with Crippen LogP contribution in [-0.2, 0) is 0 Å². The van der Waals surface area contributed by atoms with Gasteiger partial charge in [0.2, 0.25) is 0 Å². The van der Waals surface area contributed by atoms with Gasteiger partial charge in [-0.05, 0) is 85.3 Å². The fourth-order valence-electron chi connectivity index (χ4n) is 6.82. The van der Waals surface area contributed by atoms with Gasteiger partial charge in [0.1, 0.15) is 0 Å². The second-order valence-electron chi connectivity index (χ2n) is 12.5. The van der Waals surface area contributed by atoms with E-state index in [4.69, 9.17) is 15.0 Å². The molecule has 0 radical (unpaired) electrons. The topological polar surface area (TPSA) is 38.7 Å². The van der Waals surface area contributed by atoms with E-state index in [1.54, 1.807) is 0 Å². The van der Waals surface area contributed by atoms with Crippen molar-refractivity contribution >= 4 is 21.5 Å². The van der Waals surface area contributed by atoms with Crippen molar-refractivity contribution in [3.05, 3.63) is 188 Å². The van der Waals surface area contributed by atoms with Crippen molar-refractivity contribution in [1.29, 1.82) is 0 Å². The molecule has 0 fully saturated rings. The zero-order valence-corrected chi connectivity index (χ0v) is 27.2. The first-order valence-corrected chi connectivity index (χ1v) is 16.9. The van der Waals surface area contributed by atoms with Gasteiger partial charge in [0, 0.05) is 16.7 Å². The van der Waals surface area contributed by atoms with Gasteiger partial charge in [0.25, 0.3) is 0 Å². The molecule has 0 unspecified atom stereocenters. The Hall–Kier alpha value is -6.71. The molecular formula is C47H31N3. The lowest BCUT2D eigenvalue weighted by atomic mass is 9.90. The molecule has 9 rings (SSSR count). The molecule has 0 aliphatic rings. The zero-order chi connectivity index (χ0) is 33.3. The summed E-state index contributed by atoms with van der Waals surface area (Å²) in [7, 11) is 0. The van der Waals surface area contributed by atoms with Crippen molar-refractivity contribution in [1.82, 2.24) is 15.0 Å². The normalized spacial score (nSPS) is 11.2. The van der Waals surface area contributed by atoms with Crippen LogP contribution >= 0.6 is 0 Å². The monoisotopic (exact) mass is 637 g/mol. The first-order valence-electron chi connectivity index (χ1n) is 16.9. The highest BCUT2D eigenvalue weighted by molar-refractivity contribution is 6.14. The van der Waals surface area contributed by atoms with Crippen LogP contribution in [0.4, 0.5) is 0 Å². The molecular weight excluding hydrogens is 607 g/mol. The lowest BCUT2D eigenvalue weighted by molar-refractivity contribution is 1.07. The van der Waals surface area contributed by atoms with E-state index < -0.39 is 0 Å².